The maximum absolute atomic E-state index is 10.0. The van der Waals surface area contributed by atoms with E-state index in [1.165, 1.54) is 0 Å². The standard InChI is InChI=1S/C2H7N2O2P/c3-1-2(5)4-6-7/h1,3,7H2,(H,4,5). The predicted octanol–water partition coefficient (Wildman–Crippen LogP) is -1.22. The van der Waals surface area contributed by atoms with E-state index in [9.17, 15) is 4.79 Å². The van der Waals surface area contributed by atoms with Crippen molar-refractivity contribution in [3.05, 3.63) is 0 Å². The average molecular weight is 122 g/mol. The van der Waals surface area contributed by atoms with Crippen molar-refractivity contribution >= 4 is 15.4 Å². The summed E-state index contributed by atoms with van der Waals surface area (Å²) in [6.07, 6.45) is 0. The highest BCUT2D eigenvalue weighted by molar-refractivity contribution is 7.09. The van der Waals surface area contributed by atoms with Gasteiger partial charge < -0.3 is 5.73 Å². The number of nitrogens with one attached hydrogen (secondary N) is 1. The molecule has 3 N–H and O–H groups in total. The number of carbonyl (C=O) groups excluding carboxylic acids is 1. The van der Waals surface area contributed by atoms with Gasteiger partial charge in [0.15, 0.2) is 0 Å². The zero-order valence-corrected chi connectivity index (χ0v) is 4.83. The fourth-order valence-electron chi connectivity index (χ4n) is 0.107. The van der Waals surface area contributed by atoms with Crippen molar-refractivity contribution in [1.82, 2.24) is 5.48 Å². The minimum Gasteiger partial charge on any atom is -0.322 e. The van der Waals surface area contributed by atoms with Crippen LogP contribution in [0.2, 0.25) is 0 Å². The van der Waals surface area contributed by atoms with E-state index < -0.39 is 0 Å². The van der Waals surface area contributed by atoms with Crippen LogP contribution in [-0.2, 0) is 9.42 Å². The molecule has 0 aromatic carbocycles. The first-order valence-electron chi connectivity index (χ1n) is 1.66. The Kier molecular flexibility index (Phi) is 3.89. The molecule has 0 saturated heterocycles. The molecule has 0 radical (unpaired) electrons. The molecule has 0 aromatic rings. The molecule has 0 saturated carbocycles. The molecule has 1 atom stereocenters. The van der Waals surface area contributed by atoms with Crippen molar-refractivity contribution in [1.29, 1.82) is 0 Å². The second-order valence-electron chi connectivity index (χ2n) is 0.847. The zero-order chi connectivity index (χ0) is 5.70. The van der Waals surface area contributed by atoms with Gasteiger partial charge in [0.2, 0.25) is 0 Å². The molecule has 0 heterocycles. The topological polar surface area (TPSA) is 64.4 Å². The molecule has 1 unspecified atom stereocenters. The lowest BCUT2D eigenvalue weighted by Crippen LogP contribution is -2.27. The van der Waals surface area contributed by atoms with Gasteiger partial charge in [-0.15, -0.1) is 0 Å². The normalized spacial score (nSPS) is 8.29. The Labute approximate surface area is 43.6 Å². The van der Waals surface area contributed by atoms with Crippen LogP contribution in [0.4, 0.5) is 0 Å². The lowest BCUT2D eigenvalue weighted by atomic mass is 10.7. The maximum atomic E-state index is 10.0. The second kappa shape index (κ2) is 3.99. The van der Waals surface area contributed by atoms with Crippen LogP contribution in [-0.4, -0.2) is 12.5 Å². The summed E-state index contributed by atoms with van der Waals surface area (Å²) in [6, 6.07) is 0. The van der Waals surface area contributed by atoms with E-state index in [-0.39, 0.29) is 12.5 Å². The van der Waals surface area contributed by atoms with Gasteiger partial charge >= 0.3 is 0 Å². The summed E-state index contributed by atoms with van der Waals surface area (Å²) in [4.78, 5) is 10.0. The molecule has 0 aliphatic heterocycles. The van der Waals surface area contributed by atoms with Crippen LogP contribution in [0.1, 0.15) is 0 Å². The third kappa shape index (κ3) is 3.66. The highest BCUT2D eigenvalue weighted by Gasteiger charge is 1.89. The number of hydrogen-bond donors (Lipinski definition) is 2. The molecule has 0 rings (SSSR count). The molecule has 0 bridgehead atoms. The minimum atomic E-state index is -0.338. The highest BCUT2D eigenvalue weighted by atomic mass is 31.0. The molecule has 7 heavy (non-hydrogen) atoms. The molecule has 4 nitrogen and oxygen atoms in total. The molecule has 5 heteroatoms. The molecule has 0 aromatic heterocycles. The Balaban J connectivity index is 3.00. The van der Waals surface area contributed by atoms with Crippen molar-refractivity contribution in [2.45, 2.75) is 0 Å². The monoisotopic (exact) mass is 122 g/mol. The van der Waals surface area contributed by atoms with Crippen LogP contribution >= 0.6 is 9.47 Å². The van der Waals surface area contributed by atoms with E-state index in [1.807, 2.05) is 14.9 Å². The largest absolute Gasteiger partial charge is 0.322 e. The molecule has 0 spiro atoms. The van der Waals surface area contributed by atoms with Crippen molar-refractivity contribution in [2.24, 2.45) is 5.73 Å². The summed E-state index contributed by atoms with van der Waals surface area (Å²) >= 11 is 0. The number of amides is 1. The van der Waals surface area contributed by atoms with Gasteiger partial charge in [0.25, 0.3) is 5.91 Å². The SMILES string of the molecule is NCC(=O)NOP. The van der Waals surface area contributed by atoms with Gasteiger partial charge in [0, 0.05) is 9.47 Å². The molecular formula is C2H7N2O2P. The van der Waals surface area contributed by atoms with Crippen LogP contribution < -0.4 is 11.2 Å². The van der Waals surface area contributed by atoms with E-state index in [0.29, 0.717) is 0 Å². The minimum absolute atomic E-state index is 0.0472. The van der Waals surface area contributed by atoms with Gasteiger partial charge in [-0.3, -0.25) is 9.42 Å². The van der Waals surface area contributed by atoms with Crippen LogP contribution in [0.3, 0.4) is 0 Å². The first-order chi connectivity index (χ1) is 3.31. The summed E-state index contributed by atoms with van der Waals surface area (Å²) in [5.74, 6) is -0.338. The predicted molar refractivity (Wildman–Crippen MR) is 28.0 cm³/mol. The third-order valence-electron chi connectivity index (χ3n) is 0.358. The second-order valence-corrected chi connectivity index (χ2v) is 1.08. The molecule has 0 aliphatic carbocycles. The van der Waals surface area contributed by atoms with Gasteiger partial charge in [-0.25, -0.2) is 5.48 Å². The summed E-state index contributed by atoms with van der Waals surface area (Å²) in [7, 11) is 1.87. The fourth-order valence-corrected chi connectivity index (χ4v) is 0.239. The number of carbonyl (C=O) groups is 1. The van der Waals surface area contributed by atoms with Gasteiger partial charge in [0.05, 0.1) is 6.54 Å². The van der Waals surface area contributed by atoms with Crippen LogP contribution in [0, 0.1) is 0 Å². The number of hydrogen-bond acceptors (Lipinski definition) is 3. The first-order valence-corrected chi connectivity index (χ1v) is 2.13. The van der Waals surface area contributed by atoms with Crippen molar-refractivity contribution < 1.29 is 9.42 Å². The highest BCUT2D eigenvalue weighted by Crippen LogP contribution is 1.73. The Hall–Kier alpha value is -0.180. The van der Waals surface area contributed by atoms with Gasteiger partial charge in [-0.2, -0.15) is 0 Å². The Morgan fingerprint density at radius 2 is 2.57 bits per heavy atom. The molecule has 0 fully saturated rings. The van der Waals surface area contributed by atoms with E-state index in [4.69, 9.17) is 5.73 Å². The van der Waals surface area contributed by atoms with Gasteiger partial charge in [-0.1, -0.05) is 0 Å². The van der Waals surface area contributed by atoms with Gasteiger partial charge in [0.1, 0.15) is 0 Å². The van der Waals surface area contributed by atoms with Crippen LogP contribution in [0.5, 0.6) is 0 Å². The summed E-state index contributed by atoms with van der Waals surface area (Å²) in [6.45, 7) is -0.0472. The van der Waals surface area contributed by atoms with E-state index >= 15 is 0 Å². The van der Waals surface area contributed by atoms with Crippen molar-refractivity contribution in [3.8, 4) is 0 Å². The van der Waals surface area contributed by atoms with Crippen molar-refractivity contribution in [3.63, 3.8) is 0 Å². The Morgan fingerprint density at radius 1 is 2.00 bits per heavy atom. The lowest BCUT2D eigenvalue weighted by molar-refractivity contribution is -0.125. The van der Waals surface area contributed by atoms with E-state index in [1.54, 1.807) is 0 Å². The fraction of sp³-hybridized carbons (Fsp3) is 0.500. The smallest absolute Gasteiger partial charge is 0.257 e. The van der Waals surface area contributed by atoms with Gasteiger partial charge in [-0.05, 0) is 0 Å². The Morgan fingerprint density at radius 3 is 2.71 bits per heavy atom. The first kappa shape index (κ1) is 6.82. The quantitative estimate of drug-likeness (QED) is 0.356. The summed E-state index contributed by atoms with van der Waals surface area (Å²) < 4.78 is 4.13. The summed E-state index contributed by atoms with van der Waals surface area (Å²) in [5.41, 5.74) is 6.85. The third-order valence-corrected chi connectivity index (χ3v) is 0.476. The van der Waals surface area contributed by atoms with E-state index in [0.717, 1.165) is 0 Å². The van der Waals surface area contributed by atoms with E-state index in [2.05, 4.69) is 4.62 Å². The number of rotatable bonds is 2. The molecular weight excluding hydrogens is 115 g/mol. The van der Waals surface area contributed by atoms with Crippen LogP contribution in [0.25, 0.3) is 0 Å². The maximum Gasteiger partial charge on any atom is 0.257 e. The lowest BCUT2D eigenvalue weighted by Gasteiger charge is -1.94. The van der Waals surface area contributed by atoms with Crippen molar-refractivity contribution in [2.75, 3.05) is 6.54 Å². The van der Waals surface area contributed by atoms with Crippen LogP contribution in [0.15, 0.2) is 0 Å². The molecule has 1 amide bonds. The number of nitrogens with two attached hydrogens (primary N) is 1. The Bertz CT molecular complexity index is 66.7. The summed E-state index contributed by atoms with van der Waals surface area (Å²) in [5, 5.41) is 0. The average Bonchev–Trinajstić information content (AvgIpc) is 1.68. The zero-order valence-electron chi connectivity index (χ0n) is 3.68. The number of hydroxylamine groups is 1. The molecule has 42 valence electrons. The molecule has 0 aliphatic rings.